The number of aryl methyl sites for hydroxylation is 1. The molecule has 0 radical (unpaired) electrons. The highest BCUT2D eigenvalue weighted by Crippen LogP contribution is 2.24. The summed E-state index contributed by atoms with van der Waals surface area (Å²) in [6, 6.07) is 7.49. The molecule has 1 amide bonds. The van der Waals surface area contributed by atoms with E-state index in [-0.39, 0.29) is 5.91 Å². The molecule has 2 aromatic rings. The van der Waals surface area contributed by atoms with E-state index in [2.05, 4.69) is 11.4 Å². The number of ether oxygens (including phenoxy) is 1. The zero-order chi connectivity index (χ0) is 15.2. The Morgan fingerprint density at radius 2 is 2.19 bits per heavy atom. The summed E-state index contributed by atoms with van der Waals surface area (Å²) in [5.74, 6) is 0.861. The van der Waals surface area contributed by atoms with Gasteiger partial charge in [0.2, 0.25) is 5.91 Å². The molecule has 0 saturated heterocycles. The van der Waals surface area contributed by atoms with Crippen molar-refractivity contribution < 1.29 is 9.53 Å². The van der Waals surface area contributed by atoms with Crippen LogP contribution in [0.5, 0.6) is 5.75 Å². The van der Waals surface area contributed by atoms with Crippen LogP contribution in [0.3, 0.4) is 0 Å². The van der Waals surface area contributed by atoms with Gasteiger partial charge in [-0.1, -0.05) is 11.6 Å². The number of hydrogen-bond acceptors (Lipinski definition) is 3. The minimum Gasteiger partial charge on any atom is -0.496 e. The molecule has 2 rings (SSSR count). The van der Waals surface area contributed by atoms with Gasteiger partial charge in [0.15, 0.2) is 0 Å². The third kappa shape index (κ3) is 4.48. The Morgan fingerprint density at radius 3 is 2.86 bits per heavy atom. The molecular weight excluding hydrogens is 306 g/mol. The van der Waals surface area contributed by atoms with Crippen molar-refractivity contribution in [3.05, 3.63) is 51.2 Å². The molecule has 0 atom stereocenters. The van der Waals surface area contributed by atoms with E-state index in [0.29, 0.717) is 18.0 Å². The van der Waals surface area contributed by atoms with E-state index in [4.69, 9.17) is 16.3 Å². The predicted octanol–water partition coefficient (Wildman–Crippen LogP) is 4.00. The summed E-state index contributed by atoms with van der Waals surface area (Å²) in [4.78, 5) is 13.9. The maximum atomic E-state index is 12.2. The summed E-state index contributed by atoms with van der Waals surface area (Å²) in [5, 5.41) is 4.75. The molecular formula is C16H18ClNO2S. The molecule has 0 N–H and O–H groups in total. The lowest BCUT2D eigenvalue weighted by Gasteiger charge is -2.19. The molecule has 112 valence electrons. The lowest BCUT2D eigenvalue weighted by atomic mass is 10.1. The van der Waals surface area contributed by atoms with Crippen molar-refractivity contribution in [3.63, 3.8) is 0 Å². The Morgan fingerprint density at radius 1 is 1.38 bits per heavy atom. The molecule has 0 unspecified atom stereocenters. The monoisotopic (exact) mass is 323 g/mol. The van der Waals surface area contributed by atoms with Gasteiger partial charge in [0.25, 0.3) is 0 Å². The molecule has 0 fully saturated rings. The second-order valence-corrected chi connectivity index (χ2v) is 6.05. The lowest BCUT2D eigenvalue weighted by molar-refractivity contribution is -0.130. The van der Waals surface area contributed by atoms with E-state index in [9.17, 15) is 4.79 Å². The van der Waals surface area contributed by atoms with Crippen LogP contribution in [0.2, 0.25) is 5.02 Å². The maximum absolute atomic E-state index is 12.2. The van der Waals surface area contributed by atoms with Gasteiger partial charge in [-0.3, -0.25) is 4.79 Å². The highest BCUT2D eigenvalue weighted by Gasteiger charge is 2.12. The number of halogens is 1. The third-order valence-corrected chi connectivity index (χ3v) is 4.25. The average Bonchev–Trinajstić information content (AvgIpc) is 2.98. The van der Waals surface area contributed by atoms with E-state index in [0.717, 1.165) is 17.7 Å². The Kier molecular flexibility index (Phi) is 5.65. The third-order valence-electron chi connectivity index (χ3n) is 3.28. The number of carbonyl (C=O) groups is 1. The van der Waals surface area contributed by atoms with E-state index >= 15 is 0 Å². The smallest absolute Gasteiger partial charge is 0.222 e. The van der Waals surface area contributed by atoms with Gasteiger partial charge < -0.3 is 9.64 Å². The standard InChI is InChI=1S/C16H18ClNO2S/c1-18(16(19)6-3-12-7-8-21-11-12)10-13-9-14(17)4-5-15(13)20-2/h4-5,7-9,11H,3,6,10H2,1-2H3. The molecule has 21 heavy (non-hydrogen) atoms. The first-order valence-corrected chi connectivity index (χ1v) is 7.99. The van der Waals surface area contributed by atoms with Gasteiger partial charge >= 0.3 is 0 Å². The second-order valence-electron chi connectivity index (χ2n) is 4.84. The first-order chi connectivity index (χ1) is 10.1. The molecule has 5 heteroatoms. The zero-order valence-corrected chi connectivity index (χ0v) is 13.7. The number of amides is 1. The fourth-order valence-electron chi connectivity index (χ4n) is 2.09. The number of thiophene rings is 1. The number of methoxy groups -OCH3 is 1. The highest BCUT2D eigenvalue weighted by atomic mass is 35.5. The zero-order valence-electron chi connectivity index (χ0n) is 12.1. The van der Waals surface area contributed by atoms with Crippen molar-refractivity contribution in [1.82, 2.24) is 4.90 Å². The summed E-state index contributed by atoms with van der Waals surface area (Å²) in [6.45, 7) is 0.492. The van der Waals surface area contributed by atoms with Gasteiger partial charge in [0.1, 0.15) is 5.75 Å². The lowest BCUT2D eigenvalue weighted by Crippen LogP contribution is -2.26. The molecule has 1 heterocycles. The summed E-state index contributed by atoms with van der Waals surface area (Å²) in [7, 11) is 3.42. The Bertz CT molecular complexity index is 598. The van der Waals surface area contributed by atoms with Crippen molar-refractivity contribution >= 4 is 28.8 Å². The van der Waals surface area contributed by atoms with Crippen LogP contribution in [0.1, 0.15) is 17.5 Å². The van der Waals surface area contributed by atoms with Crippen LogP contribution >= 0.6 is 22.9 Å². The van der Waals surface area contributed by atoms with E-state index < -0.39 is 0 Å². The highest BCUT2D eigenvalue weighted by molar-refractivity contribution is 7.07. The molecule has 0 aliphatic rings. The fraction of sp³-hybridized carbons (Fsp3) is 0.312. The minimum absolute atomic E-state index is 0.114. The van der Waals surface area contributed by atoms with E-state index in [1.54, 1.807) is 36.5 Å². The van der Waals surface area contributed by atoms with Crippen molar-refractivity contribution in [2.45, 2.75) is 19.4 Å². The first-order valence-electron chi connectivity index (χ1n) is 6.67. The van der Waals surface area contributed by atoms with Gasteiger partial charge in [-0.25, -0.2) is 0 Å². The number of nitrogens with zero attached hydrogens (tertiary/aromatic N) is 1. The van der Waals surface area contributed by atoms with Crippen LogP contribution in [0, 0.1) is 0 Å². The van der Waals surface area contributed by atoms with E-state index in [1.807, 2.05) is 17.5 Å². The molecule has 1 aromatic carbocycles. The number of hydrogen-bond donors (Lipinski definition) is 0. The number of carbonyl (C=O) groups excluding carboxylic acids is 1. The first kappa shape index (κ1) is 15.9. The van der Waals surface area contributed by atoms with Crippen molar-refractivity contribution in [3.8, 4) is 5.75 Å². The largest absolute Gasteiger partial charge is 0.496 e. The summed E-state index contributed by atoms with van der Waals surface area (Å²) < 4.78 is 5.30. The minimum atomic E-state index is 0.114. The fourth-order valence-corrected chi connectivity index (χ4v) is 2.99. The van der Waals surface area contributed by atoms with Crippen molar-refractivity contribution in [2.75, 3.05) is 14.2 Å². The van der Waals surface area contributed by atoms with Crippen LogP contribution < -0.4 is 4.74 Å². The Balaban J connectivity index is 1.95. The van der Waals surface area contributed by atoms with E-state index in [1.165, 1.54) is 5.56 Å². The Labute approximate surface area is 134 Å². The number of benzene rings is 1. The summed E-state index contributed by atoms with van der Waals surface area (Å²) >= 11 is 7.66. The normalized spacial score (nSPS) is 10.4. The maximum Gasteiger partial charge on any atom is 0.222 e. The van der Waals surface area contributed by atoms with Gasteiger partial charge in [0, 0.05) is 30.6 Å². The summed E-state index contributed by atoms with van der Waals surface area (Å²) in [5.41, 5.74) is 2.12. The number of rotatable bonds is 6. The molecule has 0 aliphatic carbocycles. The van der Waals surface area contributed by atoms with Gasteiger partial charge in [-0.15, -0.1) is 0 Å². The van der Waals surface area contributed by atoms with Crippen LogP contribution in [0.25, 0.3) is 0 Å². The van der Waals surface area contributed by atoms with Crippen molar-refractivity contribution in [2.24, 2.45) is 0 Å². The topological polar surface area (TPSA) is 29.5 Å². The van der Waals surface area contributed by atoms with Crippen LogP contribution in [0.4, 0.5) is 0 Å². The van der Waals surface area contributed by atoms with Crippen LogP contribution in [-0.2, 0) is 17.8 Å². The molecule has 1 aromatic heterocycles. The van der Waals surface area contributed by atoms with Crippen LogP contribution in [0.15, 0.2) is 35.0 Å². The van der Waals surface area contributed by atoms with Gasteiger partial charge in [-0.2, -0.15) is 11.3 Å². The molecule has 0 spiro atoms. The van der Waals surface area contributed by atoms with Crippen LogP contribution in [-0.4, -0.2) is 25.0 Å². The summed E-state index contributed by atoms with van der Waals surface area (Å²) in [6.07, 6.45) is 1.29. The van der Waals surface area contributed by atoms with Crippen molar-refractivity contribution in [1.29, 1.82) is 0 Å². The van der Waals surface area contributed by atoms with Gasteiger partial charge in [0.05, 0.1) is 7.11 Å². The quantitative estimate of drug-likeness (QED) is 0.804. The molecule has 0 saturated carbocycles. The average molecular weight is 324 g/mol. The predicted molar refractivity (Wildman–Crippen MR) is 87.1 cm³/mol. The van der Waals surface area contributed by atoms with Gasteiger partial charge in [-0.05, 0) is 47.0 Å². The molecule has 0 aliphatic heterocycles. The SMILES string of the molecule is COc1ccc(Cl)cc1CN(C)C(=O)CCc1ccsc1. The molecule has 3 nitrogen and oxygen atoms in total. The second kappa shape index (κ2) is 7.48. The Hall–Kier alpha value is -1.52. The molecule has 0 bridgehead atoms.